The number of sulfone groups is 2. The van der Waals surface area contributed by atoms with Crippen LogP contribution in [0.2, 0.25) is 0 Å². The summed E-state index contributed by atoms with van der Waals surface area (Å²) in [5.74, 6) is 0.411. The van der Waals surface area contributed by atoms with Gasteiger partial charge in [-0.25, -0.2) is 40.6 Å². The molecule has 0 bridgehead atoms. The van der Waals surface area contributed by atoms with Crippen LogP contribution >= 0.6 is 0 Å². The summed E-state index contributed by atoms with van der Waals surface area (Å²) in [7, 11) is -7.61. The van der Waals surface area contributed by atoms with Crippen LogP contribution in [0.15, 0.2) is 42.5 Å². The van der Waals surface area contributed by atoms with Gasteiger partial charge in [0.1, 0.15) is 5.75 Å². The van der Waals surface area contributed by atoms with E-state index in [9.17, 15) is 36.6 Å². The number of carbonyl (C=O) groups is 2. The second-order valence-corrected chi connectivity index (χ2v) is 16.3. The third-order valence-corrected chi connectivity index (χ3v) is 12.3. The van der Waals surface area contributed by atoms with Crippen LogP contribution in [0.5, 0.6) is 23.3 Å². The zero-order valence-electron chi connectivity index (χ0n) is 27.7. The van der Waals surface area contributed by atoms with E-state index >= 15 is 4.39 Å². The number of aromatic nitrogens is 6. The summed E-state index contributed by atoms with van der Waals surface area (Å²) in [4.78, 5) is 23.5. The van der Waals surface area contributed by atoms with Crippen molar-refractivity contribution < 1.29 is 50.5 Å². The van der Waals surface area contributed by atoms with E-state index in [-0.39, 0.29) is 59.9 Å². The van der Waals surface area contributed by atoms with Crippen LogP contribution in [-0.2, 0) is 19.7 Å². The smallest absolute Gasteiger partial charge is 0.359 e. The Kier molecular flexibility index (Phi) is 10.8. The molecule has 16 nitrogen and oxygen atoms in total. The molecule has 2 aromatic carbocycles. The normalized spacial score (nSPS) is 17.8. The molecule has 2 aromatic heterocycles. The minimum absolute atomic E-state index is 0.0920. The molecule has 2 fully saturated rings. The number of aromatic carboxylic acids is 2. The van der Waals surface area contributed by atoms with Crippen molar-refractivity contribution in [2.24, 2.45) is 0 Å². The first kappa shape index (κ1) is 37.0. The van der Waals surface area contributed by atoms with Gasteiger partial charge in [0, 0.05) is 21.6 Å². The number of nitrogens with zero attached hydrogens (tertiary/aromatic N) is 5. The number of carboxylic acid groups (broad SMARTS) is 2. The van der Waals surface area contributed by atoms with Gasteiger partial charge in [0.25, 0.3) is 11.8 Å². The molecule has 0 unspecified atom stereocenters. The molecule has 0 spiro atoms. The van der Waals surface area contributed by atoms with E-state index < -0.39 is 65.5 Å². The maximum Gasteiger partial charge on any atom is 0.359 e. The minimum atomic E-state index is -3.93. The molecule has 4 aromatic rings. The molecular formula is C34H31FN6O10S2. The van der Waals surface area contributed by atoms with Gasteiger partial charge in [0.2, 0.25) is 31.1 Å². The number of nitrogens with one attached hydrogen (secondary N) is 1. The van der Waals surface area contributed by atoms with Crippen LogP contribution in [-0.4, -0.2) is 79.9 Å². The highest BCUT2D eigenvalue weighted by Gasteiger charge is 2.34. The van der Waals surface area contributed by atoms with Gasteiger partial charge in [-0.05, 0) is 86.8 Å². The van der Waals surface area contributed by atoms with Crippen molar-refractivity contribution in [2.75, 3.05) is 0 Å². The number of benzene rings is 2. The molecule has 19 heteroatoms. The van der Waals surface area contributed by atoms with E-state index in [4.69, 9.17) is 9.47 Å². The third kappa shape index (κ3) is 8.65. The van der Waals surface area contributed by atoms with Crippen LogP contribution in [0.4, 0.5) is 4.39 Å². The largest absolute Gasteiger partial charge is 0.476 e. The number of hydrogen-bond donors (Lipinski definition) is 3. The molecule has 0 saturated heterocycles. The maximum absolute atomic E-state index is 15.0. The van der Waals surface area contributed by atoms with Crippen molar-refractivity contribution >= 4 is 31.6 Å². The zero-order valence-corrected chi connectivity index (χ0v) is 29.4. The van der Waals surface area contributed by atoms with Gasteiger partial charge in [-0.2, -0.15) is 0 Å². The number of ether oxygens (including phenoxy) is 2. The van der Waals surface area contributed by atoms with Crippen molar-refractivity contribution in [3.8, 4) is 45.6 Å². The molecule has 3 N–H and O–H groups in total. The van der Waals surface area contributed by atoms with Crippen LogP contribution < -0.4 is 9.47 Å². The molecule has 2 heterocycles. The molecule has 276 valence electrons. The van der Waals surface area contributed by atoms with E-state index in [0.717, 1.165) is 30.0 Å². The summed E-state index contributed by atoms with van der Waals surface area (Å²) in [6.45, 7) is 0. The van der Waals surface area contributed by atoms with Gasteiger partial charge in [0.15, 0.2) is 11.6 Å². The highest BCUT2D eigenvalue weighted by atomic mass is 32.2. The van der Waals surface area contributed by atoms with Crippen LogP contribution in [0.25, 0.3) is 0 Å². The van der Waals surface area contributed by atoms with Crippen LogP contribution in [0.1, 0.15) is 95.9 Å². The monoisotopic (exact) mass is 766 g/mol. The fraction of sp³-hybridized carbons (Fsp3) is 0.353. The lowest BCUT2D eigenvalue weighted by atomic mass is 9.95. The first-order valence-corrected chi connectivity index (χ1v) is 19.5. The SMILES string of the molecule is O=C(O)c1[nH]nnc1Oc1cccc(C#CS(=O)(=O)C2CCC(n3nnc(Oc4ccc(C#CS(=O)(=O)C5CCCCC5)cc4F)c3C(=O)O)CC2)c1. The highest BCUT2D eigenvalue weighted by molar-refractivity contribution is 7.96. The maximum atomic E-state index is 15.0. The standard InChI is InChI=1S/C34H31FN6O10S2/c35-27-20-22(16-18-52(46,47)25-7-2-1-3-8-25)9-14-28(27)51-32-30(34(44)45)41(40-38-32)23-10-12-26(13-11-23)53(48,49)17-15-21-5-4-6-24(19-21)50-31-29(33(42)43)36-39-37-31/h4-6,9,14,19-20,23,25-26H,1-3,7-8,10-13H2,(H,42,43)(H,44,45)(H,36,37,39). The number of halogens is 1. The summed E-state index contributed by atoms with van der Waals surface area (Å²) in [5, 5.41) is 39.3. The molecule has 53 heavy (non-hydrogen) atoms. The van der Waals surface area contributed by atoms with Crippen molar-refractivity contribution in [2.45, 2.75) is 74.3 Å². The Labute approximate surface area is 302 Å². The lowest BCUT2D eigenvalue weighted by Gasteiger charge is -2.27. The summed E-state index contributed by atoms with van der Waals surface area (Å²) < 4.78 is 78.6. The lowest BCUT2D eigenvalue weighted by Crippen LogP contribution is -2.29. The number of hydrogen-bond acceptors (Lipinski definition) is 12. The Morgan fingerprint density at radius 1 is 0.792 bits per heavy atom. The Bertz CT molecular complexity index is 2390. The van der Waals surface area contributed by atoms with Gasteiger partial charge < -0.3 is 19.7 Å². The molecule has 0 amide bonds. The second kappa shape index (κ2) is 15.4. The van der Waals surface area contributed by atoms with Crippen LogP contribution in [0.3, 0.4) is 0 Å². The zero-order chi connectivity index (χ0) is 37.8. The van der Waals surface area contributed by atoms with Gasteiger partial charge >= 0.3 is 11.9 Å². The average Bonchev–Trinajstić information content (AvgIpc) is 3.79. The van der Waals surface area contributed by atoms with Gasteiger partial charge in [0.05, 0.1) is 16.5 Å². The molecule has 0 aliphatic heterocycles. The van der Waals surface area contributed by atoms with E-state index in [2.05, 4.69) is 48.1 Å². The van der Waals surface area contributed by atoms with Gasteiger partial charge in [-0.15, -0.1) is 0 Å². The summed E-state index contributed by atoms with van der Waals surface area (Å²) in [5.41, 5.74) is -0.449. The molecule has 2 aliphatic rings. The second-order valence-electron chi connectivity index (χ2n) is 12.4. The highest BCUT2D eigenvalue weighted by Crippen LogP contribution is 2.35. The quantitative estimate of drug-likeness (QED) is 0.199. The topological polar surface area (TPSA) is 234 Å². The minimum Gasteiger partial charge on any atom is -0.476 e. The fourth-order valence-electron chi connectivity index (χ4n) is 6.14. The number of carboxylic acids is 2. The van der Waals surface area contributed by atoms with Crippen molar-refractivity contribution in [3.63, 3.8) is 0 Å². The Hall–Kier alpha value is -5.79. The molecule has 0 radical (unpaired) electrons. The van der Waals surface area contributed by atoms with E-state index in [1.807, 2.05) is 0 Å². The Morgan fingerprint density at radius 2 is 1.45 bits per heavy atom. The number of rotatable bonds is 9. The van der Waals surface area contributed by atoms with Crippen molar-refractivity contribution in [3.05, 3.63) is 70.8 Å². The summed E-state index contributed by atoms with van der Waals surface area (Å²) >= 11 is 0. The third-order valence-electron chi connectivity index (χ3n) is 8.88. The number of aromatic amines is 1. The molecular weight excluding hydrogens is 736 g/mol. The van der Waals surface area contributed by atoms with Crippen molar-refractivity contribution in [1.82, 2.24) is 30.4 Å². The summed E-state index contributed by atoms with van der Waals surface area (Å²) in [6.07, 6.45) is 4.40. The average molecular weight is 767 g/mol. The van der Waals surface area contributed by atoms with E-state index in [0.29, 0.717) is 12.8 Å². The van der Waals surface area contributed by atoms with Crippen molar-refractivity contribution in [1.29, 1.82) is 0 Å². The van der Waals surface area contributed by atoms with Crippen LogP contribution in [0, 0.1) is 28.2 Å². The predicted molar refractivity (Wildman–Crippen MR) is 183 cm³/mol. The van der Waals surface area contributed by atoms with E-state index in [1.165, 1.54) is 24.3 Å². The molecule has 2 saturated carbocycles. The molecule has 6 rings (SSSR count). The molecule has 2 aliphatic carbocycles. The Balaban J connectivity index is 1.10. The Morgan fingerprint density at radius 3 is 2.09 bits per heavy atom. The summed E-state index contributed by atoms with van der Waals surface area (Å²) in [6, 6.07) is 8.96. The lowest BCUT2D eigenvalue weighted by molar-refractivity contribution is 0.0668. The van der Waals surface area contributed by atoms with Gasteiger partial charge in [-0.1, -0.05) is 46.0 Å². The number of H-pyrrole nitrogens is 1. The molecule has 0 atom stereocenters. The predicted octanol–water partition coefficient (Wildman–Crippen LogP) is 4.48. The first-order chi connectivity index (χ1) is 25.3. The van der Waals surface area contributed by atoms with E-state index in [1.54, 1.807) is 12.1 Å². The first-order valence-electron chi connectivity index (χ1n) is 16.4. The fourth-order valence-corrected chi connectivity index (χ4v) is 8.84. The van der Waals surface area contributed by atoms with Gasteiger partial charge in [-0.3, -0.25) is 0 Å².